The minimum Gasteiger partial charge on any atom is -0.309 e. The van der Waals surface area contributed by atoms with Crippen LogP contribution < -0.4 is 5.32 Å². The molecule has 0 bridgehead atoms. The number of hydrogen-bond acceptors (Lipinski definition) is 2. The third-order valence-electron chi connectivity index (χ3n) is 3.97. The smallest absolute Gasteiger partial charge is 0.0297 e. The summed E-state index contributed by atoms with van der Waals surface area (Å²) in [6.07, 6.45) is 0. The molecule has 2 heteroatoms. The molecular weight excluding hydrogens is 232 g/mol. The summed E-state index contributed by atoms with van der Waals surface area (Å²) >= 11 is 0. The maximum absolute atomic E-state index is 3.64. The van der Waals surface area contributed by atoms with Crippen molar-refractivity contribution in [2.45, 2.75) is 53.6 Å². The average molecular weight is 262 g/mol. The molecule has 0 spiro atoms. The van der Waals surface area contributed by atoms with Gasteiger partial charge in [-0.05, 0) is 65.3 Å². The van der Waals surface area contributed by atoms with Crippen molar-refractivity contribution in [3.63, 3.8) is 0 Å². The van der Waals surface area contributed by atoms with Gasteiger partial charge in [-0.3, -0.25) is 0 Å². The number of rotatable bonds is 6. The Hall–Kier alpha value is -0.860. The number of hydrogen-bond donors (Lipinski definition) is 1. The van der Waals surface area contributed by atoms with E-state index in [9.17, 15) is 0 Å². The second-order valence-corrected chi connectivity index (χ2v) is 6.06. The van der Waals surface area contributed by atoms with E-state index in [4.69, 9.17) is 0 Å². The van der Waals surface area contributed by atoms with Gasteiger partial charge in [0, 0.05) is 25.2 Å². The SMILES string of the molecule is Cc1cc(C)c(C(C)NCCN(C)C(C)C)c(C)c1. The van der Waals surface area contributed by atoms with Crippen LogP contribution >= 0.6 is 0 Å². The van der Waals surface area contributed by atoms with Gasteiger partial charge in [0.25, 0.3) is 0 Å². The molecule has 19 heavy (non-hydrogen) atoms. The van der Waals surface area contributed by atoms with E-state index in [0.29, 0.717) is 12.1 Å². The minimum absolute atomic E-state index is 0.418. The van der Waals surface area contributed by atoms with Gasteiger partial charge < -0.3 is 10.2 Å². The first-order chi connectivity index (χ1) is 8.82. The van der Waals surface area contributed by atoms with E-state index in [1.165, 1.54) is 22.3 Å². The van der Waals surface area contributed by atoms with E-state index in [1.54, 1.807) is 0 Å². The molecule has 0 radical (unpaired) electrons. The van der Waals surface area contributed by atoms with E-state index in [2.05, 4.69) is 70.9 Å². The van der Waals surface area contributed by atoms with Crippen LogP contribution in [-0.4, -0.2) is 31.1 Å². The first kappa shape index (κ1) is 16.2. The Bertz CT molecular complexity index is 387. The summed E-state index contributed by atoms with van der Waals surface area (Å²) in [6.45, 7) is 15.4. The lowest BCUT2D eigenvalue weighted by molar-refractivity contribution is 0.270. The minimum atomic E-state index is 0.418. The fourth-order valence-corrected chi connectivity index (χ4v) is 2.69. The van der Waals surface area contributed by atoms with E-state index in [1.807, 2.05) is 0 Å². The van der Waals surface area contributed by atoms with Gasteiger partial charge in [-0.1, -0.05) is 17.7 Å². The largest absolute Gasteiger partial charge is 0.309 e. The van der Waals surface area contributed by atoms with Crippen molar-refractivity contribution >= 4 is 0 Å². The third-order valence-corrected chi connectivity index (χ3v) is 3.97. The van der Waals surface area contributed by atoms with Crippen LogP contribution in [0.5, 0.6) is 0 Å². The van der Waals surface area contributed by atoms with Crippen LogP contribution in [0.1, 0.15) is 49.1 Å². The van der Waals surface area contributed by atoms with Crippen LogP contribution in [0.15, 0.2) is 12.1 Å². The standard InChI is InChI=1S/C17H30N2/c1-12(2)19(7)9-8-18-16(6)17-14(4)10-13(3)11-15(17)5/h10-12,16,18H,8-9H2,1-7H3. The first-order valence-electron chi connectivity index (χ1n) is 7.34. The van der Waals surface area contributed by atoms with E-state index < -0.39 is 0 Å². The molecule has 1 N–H and O–H groups in total. The number of benzene rings is 1. The van der Waals surface area contributed by atoms with Crippen molar-refractivity contribution in [3.05, 3.63) is 34.4 Å². The van der Waals surface area contributed by atoms with Crippen LogP contribution in [0.4, 0.5) is 0 Å². The summed E-state index contributed by atoms with van der Waals surface area (Å²) in [4.78, 5) is 2.37. The maximum Gasteiger partial charge on any atom is 0.0297 e. The van der Waals surface area contributed by atoms with Gasteiger partial charge in [0.1, 0.15) is 0 Å². The first-order valence-corrected chi connectivity index (χ1v) is 7.34. The van der Waals surface area contributed by atoms with Gasteiger partial charge in [-0.2, -0.15) is 0 Å². The highest BCUT2D eigenvalue weighted by atomic mass is 15.1. The molecule has 0 aliphatic rings. The number of nitrogens with one attached hydrogen (secondary N) is 1. The lowest BCUT2D eigenvalue weighted by atomic mass is 9.95. The number of aryl methyl sites for hydroxylation is 3. The number of likely N-dealkylation sites (N-methyl/N-ethyl adjacent to an activating group) is 1. The molecule has 0 aliphatic heterocycles. The summed E-state index contributed by atoms with van der Waals surface area (Å²) < 4.78 is 0. The zero-order valence-electron chi connectivity index (χ0n) is 13.7. The third kappa shape index (κ3) is 4.63. The Morgan fingerprint density at radius 2 is 1.58 bits per heavy atom. The van der Waals surface area contributed by atoms with Gasteiger partial charge in [0.2, 0.25) is 0 Å². The molecule has 108 valence electrons. The normalized spacial score (nSPS) is 13.3. The highest BCUT2D eigenvalue weighted by molar-refractivity contribution is 5.39. The zero-order valence-corrected chi connectivity index (χ0v) is 13.7. The molecule has 1 atom stereocenters. The van der Waals surface area contributed by atoms with E-state index in [-0.39, 0.29) is 0 Å². The van der Waals surface area contributed by atoms with Crippen molar-refractivity contribution in [2.75, 3.05) is 20.1 Å². The van der Waals surface area contributed by atoms with E-state index in [0.717, 1.165) is 13.1 Å². The summed E-state index contributed by atoms with van der Waals surface area (Å²) in [5.41, 5.74) is 5.60. The van der Waals surface area contributed by atoms with Crippen molar-refractivity contribution in [1.29, 1.82) is 0 Å². The van der Waals surface area contributed by atoms with Gasteiger partial charge in [0.15, 0.2) is 0 Å². The lowest BCUT2D eigenvalue weighted by Gasteiger charge is -2.24. The van der Waals surface area contributed by atoms with E-state index >= 15 is 0 Å². The fraction of sp³-hybridized carbons (Fsp3) is 0.647. The van der Waals surface area contributed by atoms with Gasteiger partial charge in [-0.25, -0.2) is 0 Å². The Balaban J connectivity index is 2.61. The highest BCUT2D eigenvalue weighted by Crippen LogP contribution is 2.23. The van der Waals surface area contributed by atoms with Gasteiger partial charge >= 0.3 is 0 Å². The highest BCUT2D eigenvalue weighted by Gasteiger charge is 2.12. The molecule has 2 nitrogen and oxygen atoms in total. The summed E-state index contributed by atoms with van der Waals surface area (Å²) in [6, 6.07) is 5.59. The lowest BCUT2D eigenvalue weighted by Crippen LogP contribution is -2.34. The second kappa shape index (κ2) is 7.06. The van der Waals surface area contributed by atoms with Crippen LogP contribution in [0, 0.1) is 20.8 Å². The molecular formula is C17H30N2. The molecule has 0 fully saturated rings. The van der Waals surface area contributed by atoms with Gasteiger partial charge in [0.05, 0.1) is 0 Å². The van der Waals surface area contributed by atoms with Crippen molar-refractivity contribution in [3.8, 4) is 0 Å². The predicted molar refractivity (Wildman–Crippen MR) is 84.8 cm³/mol. The molecule has 1 aromatic rings. The van der Waals surface area contributed by atoms with Gasteiger partial charge in [-0.15, -0.1) is 0 Å². The topological polar surface area (TPSA) is 15.3 Å². The molecule has 1 unspecified atom stereocenters. The molecule has 0 aromatic heterocycles. The van der Waals surface area contributed by atoms with Crippen LogP contribution in [0.25, 0.3) is 0 Å². The molecule has 0 amide bonds. The molecule has 1 aromatic carbocycles. The number of nitrogens with zero attached hydrogens (tertiary/aromatic N) is 1. The molecule has 0 heterocycles. The van der Waals surface area contributed by atoms with Crippen molar-refractivity contribution in [1.82, 2.24) is 10.2 Å². The summed E-state index contributed by atoms with van der Waals surface area (Å²) in [5.74, 6) is 0. The average Bonchev–Trinajstić information content (AvgIpc) is 2.26. The second-order valence-electron chi connectivity index (χ2n) is 6.06. The Kier molecular flexibility index (Phi) is 6.02. The van der Waals surface area contributed by atoms with Crippen LogP contribution in [0.2, 0.25) is 0 Å². The molecule has 0 saturated carbocycles. The van der Waals surface area contributed by atoms with Crippen LogP contribution in [0.3, 0.4) is 0 Å². The predicted octanol–water partition coefficient (Wildman–Crippen LogP) is 3.60. The molecule has 0 aliphatic carbocycles. The van der Waals surface area contributed by atoms with Crippen molar-refractivity contribution in [2.24, 2.45) is 0 Å². The maximum atomic E-state index is 3.64. The zero-order chi connectivity index (χ0) is 14.6. The molecule has 1 rings (SSSR count). The fourth-order valence-electron chi connectivity index (χ4n) is 2.69. The van der Waals surface area contributed by atoms with Crippen LogP contribution in [-0.2, 0) is 0 Å². The quantitative estimate of drug-likeness (QED) is 0.842. The Labute approximate surface area is 119 Å². The summed E-state index contributed by atoms with van der Waals surface area (Å²) in [5, 5.41) is 3.64. The van der Waals surface area contributed by atoms with Crippen molar-refractivity contribution < 1.29 is 0 Å². The molecule has 0 saturated heterocycles. The Morgan fingerprint density at radius 3 is 2.05 bits per heavy atom. The summed E-state index contributed by atoms with van der Waals surface area (Å²) in [7, 11) is 2.18. The monoisotopic (exact) mass is 262 g/mol. The Morgan fingerprint density at radius 1 is 1.05 bits per heavy atom.